The minimum atomic E-state index is 1.29. The molecule has 0 aliphatic heterocycles. The molecule has 1 nitrogen and oxygen atoms in total. The molecule has 0 fully saturated rings. The predicted molar refractivity (Wildman–Crippen MR) is 72.0 cm³/mol. The predicted octanol–water partition coefficient (Wildman–Crippen LogP) is 3.41. The molecule has 17 heavy (non-hydrogen) atoms. The van der Waals surface area contributed by atoms with Crippen LogP contribution < -0.4 is 4.57 Å². The van der Waals surface area contributed by atoms with Gasteiger partial charge in [-0.3, -0.25) is 0 Å². The Labute approximate surface area is 104 Å². The summed E-state index contributed by atoms with van der Waals surface area (Å²) in [5, 5.41) is 0. The smallest absolute Gasteiger partial charge is 0.199 e. The zero-order valence-corrected chi connectivity index (χ0v) is 11.3. The van der Waals surface area contributed by atoms with Gasteiger partial charge in [-0.05, 0) is 38.0 Å². The maximum Gasteiger partial charge on any atom is 0.212 e. The summed E-state index contributed by atoms with van der Waals surface area (Å²) in [6.07, 6.45) is 0. The van der Waals surface area contributed by atoms with Gasteiger partial charge in [-0.25, -0.2) is 0 Å². The Morgan fingerprint density at radius 1 is 0.824 bits per heavy atom. The summed E-state index contributed by atoms with van der Waals surface area (Å²) in [4.78, 5) is 0. The van der Waals surface area contributed by atoms with Gasteiger partial charge in [0.15, 0.2) is 5.69 Å². The summed E-state index contributed by atoms with van der Waals surface area (Å²) < 4.78 is 2.25. The number of nitrogens with zero attached hydrogens (tertiary/aromatic N) is 1. The number of hydrogen-bond acceptors (Lipinski definition) is 0. The molecule has 1 heteroatoms. The first-order chi connectivity index (χ1) is 7.99. The van der Waals surface area contributed by atoms with E-state index in [2.05, 4.69) is 69.6 Å². The Balaban J connectivity index is 2.68. The van der Waals surface area contributed by atoms with Crippen LogP contribution in [0.5, 0.6) is 0 Å². The molecule has 1 aromatic carbocycles. The summed E-state index contributed by atoms with van der Waals surface area (Å²) in [5.74, 6) is 0. The molecule has 1 aromatic heterocycles. The van der Waals surface area contributed by atoms with Crippen molar-refractivity contribution in [1.29, 1.82) is 0 Å². The van der Waals surface area contributed by atoms with Crippen molar-refractivity contribution in [3.05, 3.63) is 52.7 Å². The lowest BCUT2D eigenvalue weighted by molar-refractivity contribution is -0.666. The first-order valence-corrected chi connectivity index (χ1v) is 6.04. The van der Waals surface area contributed by atoms with Crippen molar-refractivity contribution in [3.63, 3.8) is 0 Å². The van der Waals surface area contributed by atoms with E-state index in [4.69, 9.17) is 0 Å². The molecule has 0 radical (unpaired) electrons. The summed E-state index contributed by atoms with van der Waals surface area (Å²) in [7, 11) is 2.13. The molecule has 2 rings (SSSR count). The van der Waals surface area contributed by atoms with Crippen LogP contribution in [0, 0.1) is 27.7 Å². The first kappa shape index (κ1) is 11.8. The van der Waals surface area contributed by atoms with Crippen LogP contribution >= 0.6 is 0 Å². The molecule has 0 aliphatic rings. The van der Waals surface area contributed by atoms with Crippen LogP contribution in [-0.4, -0.2) is 0 Å². The fraction of sp³-hybridized carbons (Fsp3) is 0.312. The molecular weight excluding hydrogens is 206 g/mol. The standard InChI is InChI=1S/C16H20N/c1-11-6-7-15(13(3)8-11)16-10-12(2)9-14(4)17(16)5/h6-10H,1-5H3/q+1. The summed E-state index contributed by atoms with van der Waals surface area (Å²) in [5.41, 5.74) is 7.88. The van der Waals surface area contributed by atoms with Crippen LogP contribution in [0.25, 0.3) is 11.3 Å². The Morgan fingerprint density at radius 2 is 1.53 bits per heavy atom. The van der Waals surface area contributed by atoms with Crippen molar-refractivity contribution < 1.29 is 4.57 Å². The number of rotatable bonds is 1. The lowest BCUT2D eigenvalue weighted by Crippen LogP contribution is -2.35. The zero-order chi connectivity index (χ0) is 12.6. The highest BCUT2D eigenvalue weighted by Crippen LogP contribution is 2.22. The highest BCUT2D eigenvalue weighted by Gasteiger charge is 2.14. The van der Waals surface area contributed by atoms with E-state index in [1.54, 1.807) is 0 Å². The molecule has 0 N–H and O–H groups in total. The minimum Gasteiger partial charge on any atom is -0.199 e. The minimum absolute atomic E-state index is 1.29. The third kappa shape index (κ3) is 2.23. The SMILES string of the molecule is Cc1ccc(-c2cc(C)cc(C)[n+]2C)c(C)c1. The topological polar surface area (TPSA) is 3.88 Å². The third-order valence-corrected chi connectivity index (χ3v) is 3.35. The second kappa shape index (κ2) is 4.33. The first-order valence-electron chi connectivity index (χ1n) is 6.04. The van der Waals surface area contributed by atoms with E-state index in [1.165, 1.54) is 33.6 Å². The van der Waals surface area contributed by atoms with Crippen LogP contribution in [0.4, 0.5) is 0 Å². The number of aryl methyl sites for hydroxylation is 4. The van der Waals surface area contributed by atoms with Crippen molar-refractivity contribution in [2.24, 2.45) is 7.05 Å². The monoisotopic (exact) mass is 226 g/mol. The van der Waals surface area contributed by atoms with E-state index in [0.717, 1.165) is 0 Å². The van der Waals surface area contributed by atoms with Gasteiger partial charge in [0.2, 0.25) is 5.69 Å². The Bertz CT molecular complexity index is 568. The van der Waals surface area contributed by atoms with Crippen LogP contribution in [0.1, 0.15) is 22.4 Å². The van der Waals surface area contributed by atoms with Crippen LogP contribution in [0.15, 0.2) is 30.3 Å². The van der Waals surface area contributed by atoms with Gasteiger partial charge >= 0.3 is 0 Å². The number of aromatic nitrogens is 1. The van der Waals surface area contributed by atoms with Gasteiger partial charge in [0.25, 0.3) is 0 Å². The van der Waals surface area contributed by atoms with E-state index >= 15 is 0 Å². The maximum absolute atomic E-state index is 2.25. The molecule has 0 saturated heterocycles. The largest absolute Gasteiger partial charge is 0.212 e. The molecule has 88 valence electrons. The van der Waals surface area contributed by atoms with Gasteiger partial charge in [0.05, 0.1) is 0 Å². The van der Waals surface area contributed by atoms with Gasteiger partial charge in [0.1, 0.15) is 7.05 Å². The van der Waals surface area contributed by atoms with E-state index in [-0.39, 0.29) is 0 Å². The van der Waals surface area contributed by atoms with Gasteiger partial charge in [-0.15, -0.1) is 0 Å². The van der Waals surface area contributed by atoms with Crippen LogP contribution in [-0.2, 0) is 7.05 Å². The lowest BCUT2D eigenvalue weighted by atomic mass is 10.0. The average molecular weight is 226 g/mol. The third-order valence-electron chi connectivity index (χ3n) is 3.35. The summed E-state index contributed by atoms with van der Waals surface area (Å²) >= 11 is 0. The Kier molecular flexibility index (Phi) is 3.01. The van der Waals surface area contributed by atoms with Gasteiger partial charge in [0, 0.05) is 24.6 Å². The van der Waals surface area contributed by atoms with E-state index < -0.39 is 0 Å². The fourth-order valence-corrected chi connectivity index (χ4v) is 2.33. The molecule has 0 unspecified atom stereocenters. The lowest BCUT2D eigenvalue weighted by Gasteiger charge is -2.08. The normalized spacial score (nSPS) is 10.6. The Hall–Kier alpha value is -1.63. The molecular formula is C16H20N+. The number of hydrogen-bond donors (Lipinski definition) is 0. The van der Waals surface area contributed by atoms with Crippen molar-refractivity contribution in [2.45, 2.75) is 27.7 Å². The highest BCUT2D eigenvalue weighted by atomic mass is 14.9. The average Bonchev–Trinajstić information content (AvgIpc) is 2.24. The molecule has 0 amide bonds. The molecule has 0 aliphatic carbocycles. The van der Waals surface area contributed by atoms with Gasteiger partial charge in [-0.2, -0.15) is 4.57 Å². The molecule has 2 aromatic rings. The second-order valence-electron chi connectivity index (χ2n) is 4.94. The fourth-order valence-electron chi connectivity index (χ4n) is 2.33. The van der Waals surface area contributed by atoms with Crippen LogP contribution in [0.2, 0.25) is 0 Å². The van der Waals surface area contributed by atoms with Crippen molar-refractivity contribution in [3.8, 4) is 11.3 Å². The second-order valence-corrected chi connectivity index (χ2v) is 4.94. The van der Waals surface area contributed by atoms with Crippen LogP contribution in [0.3, 0.4) is 0 Å². The van der Waals surface area contributed by atoms with Gasteiger partial charge in [-0.1, -0.05) is 17.7 Å². The summed E-state index contributed by atoms with van der Waals surface area (Å²) in [6, 6.07) is 11.1. The zero-order valence-electron chi connectivity index (χ0n) is 11.3. The van der Waals surface area contributed by atoms with Crippen molar-refractivity contribution >= 4 is 0 Å². The number of benzene rings is 1. The number of pyridine rings is 1. The van der Waals surface area contributed by atoms with E-state index in [1.807, 2.05) is 0 Å². The maximum atomic E-state index is 2.25. The molecule has 0 spiro atoms. The molecule has 1 heterocycles. The molecule has 0 bridgehead atoms. The Morgan fingerprint density at radius 3 is 2.18 bits per heavy atom. The van der Waals surface area contributed by atoms with Crippen molar-refractivity contribution in [2.75, 3.05) is 0 Å². The van der Waals surface area contributed by atoms with E-state index in [0.29, 0.717) is 0 Å². The van der Waals surface area contributed by atoms with Gasteiger partial charge < -0.3 is 0 Å². The quantitative estimate of drug-likeness (QED) is 0.656. The summed E-state index contributed by atoms with van der Waals surface area (Å²) in [6.45, 7) is 8.62. The molecule has 0 atom stereocenters. The molecule has 0 saturated carbocycles. The van der Waals surface area contributed by atoms with E-state index in [9.17, 15) is 0 Å². The van der Waals surface area contributed by atoms with Crippen molar-refractivity contribution in [1.82, 2.24) is 0 Å². The highest BCUT2D eigenvalue weighted by molar-refractivity contribution is 5.62.